The molecule has 3 rings (SSSR count). The summed E-state index contributed by atoms with van der Waals surface area (Å²) >= 11 is 1.32. The number of ether oxygens (including phenoxy) is 1. The molecule has 29 heavy (non-hydrogen) atoms. The van der Waals surface area contributed by atoms with E-state index >= 15 is 0 Å². The lowest BCUT2D eigenvalue weighted by atomic mass is 9.98. The van der Waals surface area contributed by atoms with Crippen LogP contribution in [0.3, 0.4) is 0 Å². The average molecular weight is 406 g/mol. The summed E-state index contributed by atoms with van der Waals surface area (Å²) in [6.45, 7) is 5.84. The minimum Gasteiger partial charge on any atom is -0.470 e. The van der Waals surface area contributed by atoms with E-state index in [2.05, 4.69) is 21.2 Å². The van der Waals surface area contributed by atoms with Crippen molar-refractivity contribution < 1.29 is 9.53 Å². The van der Waals surface area contributed by atoms with Crippen LogP contribution in [0.4, 0.5) is 0 Å². The minimum atomic E-state index is -0.708. The third kappa shape index (κ3) is 4.87. The molecule has 1 unspecified atom stereocenters. The van der Waals surface area contributed by atoms with Crippen molar-refractivity contribution in [3.8, 4) is 18.1 Å². The third-order valence-corrected chi connectivity index (χ3v) is 5.22. The number of amides is 1. The van der Waals surface area contributed by atoms with Gasteiger partial charge in [-0.15, -0.1) is 18.2 Å². The number of terminal acetylenes is 1. The summed E-state index contributed by atoms with van der Waals surface area (Å²) in [5.41, 5.74) is 2.06. The number of carbonyl (C=O) groups excluding carboxylic acids is 1. The molecule has 1 N–H and O–H groups in total. The zero-order valence-corrected chi connectivity index (χ0v) is 17.7. The van der Waals surface area contributed by atoms with Gasteiger partial charge in [-0.1, -0.05) is 5.92 Å². The topological polar surface area (TPSA) is 64.1 Å². The number of pyridine rings is 2. The Morgan fingerprint density at radius 3 is 2.72 bits per heavy atom. The van der Waals surface area contributed by atoms with Gasteiger partial charge in [0, 0.05) is 23.3 Å². The normalized spacial score (nSPS) is 12.2. The number of hydrogen-bond acceptors (Lipinski definition) is 5. The Morgan fingerprint density at radius 2 is 2.03 bits per heavy atom. The van der Waals surface area contributed by atoms with Crippen molar-refractivity contribution in [2.45, 2.75) is 31.7 Å². The molecule has 2 heterocycles. The summed E-state index contributed by atoms with van der Waals surface area (Å²) in [6, 6.07) is 11.3. The number of carbonyl (C=O) groups is 1. The molecular formula is C23H23N3O2S. The summed E-state index contributed by atoms with van der Waals surface area (Å²) < 4.78 is 5.96. The molecule has 1 amide bonds. The number of fused-ring (bicyclic) bond motifs is 1. The molecular weight excluding hydrogens is 382 g/mol. The lowest BCUT2D eigenvalue weighted by Gasteiger charge is -2.28. The highest BCUT2D eigenvalue weighted by molar-refractivity contribution is 7.99. The summed E-state index contributed by atoms with van der Waals surface area (Å²) in [4.78, 5) is 21.6. The first-order chi connectivity index (χ1) is 13.8. The number of nitrogens with zero attached hydrogens (tertiary/aromatic N) is 2. The first-order valence-corrected chi connectivity index (χ1v) is 10.4. The summed E-state index contributed by atoms with van der Waals surface area (Å²) in [5, 5.41) is 3.90. The molecule has 0 saturated heterocycles. The van der Waals surface area contributed by atoms with Crippen molar-refractivity contribution in [2.75, 3.05) is 6.26 Å². The van der Waals surface area contributed by atoms with Crippen LogP contribution >= 0.6 is 11.8 Å². The maximum Gasteiger partial charge on any atom is 0.272 e. The number of thioether (sulfide) groups is 1. The van der Waals surface area contributed by atoms with Crippen molar-refractivity contribution in [3.63, 3.8) is 0 Å². The fraction of sp³-hybridized carbons (Fsp3) is 0.261. The third-order valence-electron chi connectivity index (χ3n) is 4.48. The van der Waals surface area contributed by atoms with Crippen LogP contribution in [0.1, 0.15) is 30.7 Å². The fourth-order valence-corrected chi connectivity index (χ4v) is 3.38. The van der Waals surface area contributed by atoms with Gasteiger partial charge in [-0.25, -0.2) is 0 Å². The molecule has 2 aromatic heterocycles. The highest BCUT2D eigenvalue weighted by Gasteiger charge is 2.29. The molecule has 6 heteroatoms. The van der Waals surface area contributed by atoms with E-state index in [0.29, 0.717) is 11.3 Å². The molecule has 0 aliphatic rings. The molecule has 0 aliphatic carbocycles. The molecule has 0 bridgehead atoms. The van der Waals surface area contributed by atoms with Crippen LogP contribution in [0.25, 0.3) is 10.9 Å². The molecule has 0 saturated carbocycles. The van der Waals surface area contributed by atoms with Gasteiger partial charge in [0.05, 0.1) is 16.7 Å². The largest absolute Gasteiger partial charge is 0.470 e. The van der Waals surface area contributed by atoms with Crippen molar-refractivity contribution >= 4 is 28.6 Å². The second-order valence-electron chi connectivity index (χ2n) is 7.24. The van der Waals surface area contributed by atoms with Crippen molar-refractivity contribution in [1.29, 1.82) is 0 Å². The van der Waals surface area contributed by atoms with Gasteiger partial charge >= 0.3 is 0 Å². The van der Waals surface area contributed by atoms with E-state index in [1.54, 1.807) is 18.5 Å². The van der Waals surface area contributed by atoms with Gasteiger partial charge in [0.2, 0.25) is 5.44 Å². The maximum absolute atomic E-state index is 12.9. The molecule has 5 nitrogen and oxygen atoms in total. The molecule has 0 radical (unpaired) electrons. The summed E-state index contributed by atoms with van der Waals surface area (Å²) in [5.74, 6) is 2.93. The molecule has 148 valence electrons. The molecule has 0 fully saturated rings. The number of aryl methyl sites for hydroxylation is 1. The second kappa shape index (κ2) is 8.54. The standard InChI is InChI=1S/C23H23N3O2S/c1-6-16-12-17-13-18(7-8-19(17)25-14-16)28-22(29-5)21(27)26-23(3,4)20-11-15(2)9-10-24-20/h1,7-14,22H,2-5H3,(H,26,27). The Labute approximate surface area is 175 Å². The van der Waals surface area contributed by atoms with Crippen LogP contribution in [0.5, 0.6) is 5.75 Å². The van der Waals surface area contributed by atoms with E-state index < -0.39 is 11.0 Å². The molecule has 1 atom stereocenters. The molecule has 1 aromatic carbocycles. The Morgan fingerprint density at radius 1 is 1.24 bits per heavy atom. The predicted molar refractivity (Wildman–Crippen MR) is 118 cm³/mol. The van der Waals surface area contributed by atoms with Crippen molar-refractivity contribution in [3.05, 3.63) is 65.6 Å². The van der Waals surface area contributed by atoms with Crippen LogP contribution < -0.4 is 10.1 Å². The average Bonchev–Trinajstić information content (AvgIpc) is 2.71. The van der Waals surface area contributed by atoms with Crippen LogP contribution in [-0.2, 0) is 10.3 Å². The van der Waals surface area contributed by atoms with E-state index in [9.17, 15) is 4.79 Å². The van der Waals surface area contributed by atoms with Crippen LogP contribution in [0.15, 0.2) is 48.8 Å². The van der Waals surface area contributed by atoms with E-state index in [0.717, 1.165) is 22.2 Å². The van der Waals surface area contributed by atoms with E-state index in [4.69, 9.17) is 11.2 Å². The zero-order chi connectivity index (χ0) is 21.0. The smallest absolute Gasteiger partial charge is 0.272 e. The van der Waals surface area contributed by atoms with Gasteiger partial charge in [-0.2, -0.15) is 0 Å². The Hall–Kier alpha value is -3.04. The van der Waals surface area contributed by atoms with E-state index in [1.807, 2.05) is 57.4 Å². The van der Waals surface area contributed by atoms with Gasteiger partial charge in [-0.3, -0.25) is 14.8 Å². The van der Waals surface area contributed by atoms with Gasteiger partial charge < -0.3 is 10.1 Å². The number of nitrogens with one attached hydrogen (secondary N) is 1. The Balaban J connectivity index is 1.78. The number of aromatic nitrogens is 2. The fourth-order valence-electron chi connectivity index (χ4n) is 2.90. The highest BCUT2D eigenvalue weighted by Crippen LogP contribution is 2.25. The lowest BCUT2D eigenvalue weighted by Crippen LogP contribution is -2.47. The number of hydrogen-bond donors (Lipinski definition) is 1. The number of rotatable bonds is 6. The van der Waals surface area contributed by atoms with E-state index in [-0.39, 0.29) is 5.91 Å². The number of benzene rings is 1. The van der Waals surface area contributed by atoms with Crippen molar-refractivity contribution in [1.82, 2.24) is 15.3 Å². The SMILES string of the molecule is C#Cc1cnc2ccc(OC(SC)C(=O)NC(C)(C)c3cc(C)ccn3)cc2c1. The first-order valence-electron chi connectivity index (χ1n) is 9.13. The molecule has 0 aliphatic heterocycles. The van der Waals surface area contributed by atoms with E-state index in [1.165, 1.54) is 11.8 Å². The summed E-state index contributed by atoms with van der Waals surface area (Å²) in [7, 11) is 0. The van der Waals surface area contributed by atoms with Gasteiger partial charge in [0.1, 0.15) is 5.75 Å². The van der Waals surface area contributed by atoms with Gasteiger partial charge in [-0.05, 0) is 69.0 Å². The monoisotopic (exact) mass is 405 g/mol. The minimum absolute atomic E-state index is 0.221. The zero-order valence-electron chi connectivity index (χ0n) is 16.9. The highest BCUT2D eigenvalue weighted by atomic mass is 32.2. The quantitative estimate of drug-likeness (QED) is 0.495. The van der Waals surface area contributed by atoms with Gasteiger partial charge in [0.25, 0.3) is 5.91 Å². The van der Waals surface area contributed by atoms with Crippen molar-refractivity contribution in [2.24, 2.45) is 0 Å². The van der Waals surface area contributed by atoms with Crippen LogP contribution in [0.2, 0.25) is 0 Å². The maximum atomic E-state index is 12.9. The van der Waals surface area contributed by atoms with Crippen LogP contribution in [0, 0.1) is 19.3 Å². The molecule has 3 aromatic rings. The lowest BCUT2D eigenvalue weighted by molar-refractivity contribution is -0.126. The van der Waals surface area contributed by atoms with Crippen LogP contribution in [-0.4, -0.2) is 27.6 Å². The second-order valence-corrected chi connectivity index (χ2v) is 8.14. The van der Waals surface area contributed by atoms with Gasteiger partial charge in [0.15, 0.2) is 0 Å². The molecule has 0 spiro atoms. The Bertz CT molecular complexity index is 1090. The first kappa shape index (κ1) is 20.7. The Kier molecular flexibility index (Phi) is 6.09. The summed E-state index contributed by atoms with van der Waals surface area (Å²) in [6.07, 6.45) is 10.7. The predicted octanol–water partition coefficient (Wildman–Crippen LogP) is 4.04.